The van der Waals surface area contributed by atoms with Crippen LogP contribution in [0.2, 0.25) is 0 Å². The summed E-state index contributed by atoms with van der Waals surface area (Å²) in [5.74, 6) is 14.7. The number of benzene rings is 10. The lowest BCUT2D eigenvalue weighted by molar-refractivity contribution is -0.627. The van der Waals surface area contributed by atoms with Crippen molar-refractivity contribution in [3.63, 3.8) is 0 Å². The van der Waals surface area contributed by atoms with E-state index >= 15 is 0 Å². The van der Waals surface area contributed by atoms with Gasteiger partial charge in [-0.3, -0.25) is 0 Å². The fraction of sp³-hybridized carbons (Fsp3) is 0.292. The number of pyridine rings is 5. The van der Waals surface area contributed by atoms with E-state index in [1.165, 1.54) is 250 Å². The molecule has 0 N–H and O–H groups in total. The highest BCUT2D eigenvalue weighted by Crippen LogP contribution is 2.37. The van der Waals surface area contributed by atoms with Crippen LogP contribution >= 0.6 is 0 Å². The molecule has 0 amide bonds. The van der Waals surface area contributed by atoms with Crippen molar-refractivity contribution in [3.8, 4) is 0 Å². The van der Waals surface area contributed by atoms with Crippen molar-refractivity contribution in [3.05, 3.63) is 353 Å². The Labute approximate surface area is 803 Å². The minimum atomic E-state index is 0.233. The first-order chi connectivity index (χ1) is 65.3. The van der Waals surface area contributed by atoms with Gasteiger partial charge in [-0.25, -0.2) is 22.8 Å². The van der Waals surface area contributed by atoms with Crippen molar-refractivity contribution < 1.29 is 22.8 Å². The van der Waals surface area contributed by atoms with E-state index in [4.69, 9.17) is 0 Å². The van der Waals surface area contributed by atoms with Crippen LogP contribution in [0.25, 0.3) is 113 Å². The van der Waals surface area contributed by atoms with Crippen molar-refractivity contribution >= 4 is 175 Å². The first-order valence-corrected chi connectivity index (χ1v) is 49.9. The van der Waals surface area contributed by atoms with Crippen LogP contribution < -0.4 is 103 Å². The number of aromatic nitrogens is 5. The van der Waals surface area contributed by atoms with Gasteiger partial charge in [0.2, 0.25) is 27.6 Å². The predicted molar refractivity (Wildman–Crippen MR) is 576 cm³/mol. The quantitative estimate of drug-likeness (QED) is 0.0953. The molecule has 10 heterocycles. The second-order valence-electron chi connectivity index (χ2n) is 40.3. The summed E-state index contributed by atoms with van der Waals surface area (Å²) in [6.07, 6.45) is 14.7. The largest absolute Gasteiger partial charge is 0.408 e. The molecule has 2 fully saturated rings. The molecule has 0 unspecified atom stereocenters. The van der Waals surface area contributed by atoms with Gasteiger partial charge < -0.3 is 24.1 Å². The normalized spacial score (nSPS) is 15.3. The van der Waals surface area contributed by atoms with Crippen molar-refractivity contribution in [2.75, 3.05) is 35.2 Å². The number of rotatable bonds is 11. The summed E-state index contributed by atoms with van der Waals surface area (Å²) in [7, 11) is 22.1. The summed E-state index contributed by atoms with van der Waals surface area (Å²) in [4.78, 5) is 12.1. The van der Waals surface area contributed by atoms with E-state index in [0.29, 0.717) is 17.8 Å². The van der Waals surface area contributed by atoms with Crippen LogP contribution in [0.4, 0.5) is 0 Å². The molecule has 0 radical (unpaired) electrons. The molecule has 0 saturated heterocycles. The number of para-hydroxylation sites is 5. The Kier molecular flexibility index (Phi) is 27.2. The molecule has 135 heavy (non-hydrogen) atoms. The molecule has 22 rings (SSSR count). The van der Waals surface area contributed by atoms with E-state index in [0.717, 1.165) is 12.3 Å². The van der Waals surface area contributed by atoms with Gasteiger partial charge in [0, 0.05) is 116 Å². The van der Waals surface area contributed by atoms with Crippen LogP contribution in [-0.2, 0) is 48.1 Å². The van der Waals surface area contributed by atoms with Gasteiger partial charge in [0.05, 0.1) is 0 Å². The molecule has 15 heteroatoms. The van der Waals surface area contributed by atoms with Gasteiger partial charge in [0.25, 0.3) is 0 Å². The Morgan fingerprint density at radius 3 is 0.933 bits per heavy atom. The molecule has 676 valence electrons. The average Bonchev–Trinajstić information content (AvgIpc) is 1.46. The van der Waals surface area contributed by atoms with E-state index in [1.807, 2.05) is 0 Å². The minimum absolute atomic E-state index is 0.233. The van der Waals surface area contributed by atoms with Crippen molar-refractivity contribution in [1.29, 1.82) is 0 Å². The molecular formula is C120H136B5N10+5. The number of nitrogens with zero attached hydrogens (tertiary/aromatic N) is 10. The topological polar surface area (TPSA) is 35.6 Å². The molecule has 0 bridgehead atoms. The first-order valence-electron chi connectivity index (χ1n) is 49.9. The molecular weight excluding hydrogens is 1640 g/mol. The molecule has 10 aromatic carbocycles. The van der Waals surface area contributed by atoms with Gasteiger partial charge in [-0.1, -0.05) is 285 Å². The van der Waals surface area contributed by atoms with Gasteiger partial charge in [0.1, 0.15) is 35.2 Å². The third-order valence-electron chi connectivity index (χ3n) is 31.6. The Morgan fingerprint density at radius 2 is 0.563 bits per heavy atom. The Bertz CT molecular complexity index is 7830. The molecule has 5 aromatic heterocycles. The lowest BCUT2D eigenvalue weighted by atomic mass is 9.54. The Balaban J connectivity index is 0.000000113. The van der Waals surface area contributed by atoms with Gasteiger partial charge >= 0.3 is 34.2 Å². The monoisotopic (exact) mass is 1770 g/mol. The zero-order valence-electron chi connectivity index (χ0n) is 83.8. The summed E-state index contributed by atoms with van der Waals surface area (Å²) < 4.78 is 11.9. The van der Waals surface area contributed by atoms with E-state index in [1.54, 1.807) is 5.56 Å². The van der Waals surface area contributed by atoms with Crippen molar-refractivity contribution in [2.45, 2.75) is 152 Å². The fourth-order valence-electron chi connectivity index (χ4n) is 23.3. The predicted octanol–water partition coefficient (Wildman–Crippen LogP) is 11.2. The molecule has 2 saturated carbocycles. The SMILES string of the molecule is CC1=c2ccccc2=CB(c2cc(C(C)C)c3ccccc3[n+]2C)N1C.CC1=c2ccccc2=CB(c2cc(C)c3ccccc3[n+]2C)N1C.CC1=c2ccccc2=CB(c2cc(C3CCCC3)c3ccccc3[n+]2C)N1C.CC1=c2ccccc2=CB(c2cc(CC(C)C)c3ccccc3[n+]2C)N1C.CC1=c2ccccc2=CB(c2cc(CC3CCCCC3)c3ccccc3[n+]2C)N1C. The van der Waals surface area contributed by atoms with Crippen molar-refractivity contribution in [1.82, 2.24) is 24.1 Å². The van der Waals surface area contributed by atoms with E-state index < -0.39 is 0 Å². The minimum Gasteiger partial charge on any atom is -0.408 e. The van der Waals surface area contributed by atoms with Gasteiger partial charge in [-0.05, 0) is 236 Å². The summed E-state index contributed by atoms with van der Waals surface area (Å²) in [6.45, 7) is 23.8. The second kappa shape index (κ2) is 39.7. The lowest BCUT2D eigenvalue weighted by Gasteiger charge is -2.28. The third-order valence-corrected chi connectivity index (χ3v) is 31.6. The second-order valence-corrected chi connectivity index (χ2v) is 40.3. The lowest BCUT2D eigenvalue weighted by Crippen LogP contribution is -2.62. The van der Waals surface area contributed by atoms with Crippen LogP contribution in [-0.4, -0.2) is 93.5 Å². The number of aryl methyl sites for hydroxylation is 6. The molecule has 15 aromatic rings. The summed E-state index contributed by atoms with van der Waals surface area (Å²) >= 11 is 0. The highest BCUT2D eigenvalue weighted by molar-refractivity contribution is 6.85. The van der Waals surface area contributed by atoms with Gasteiger partial charge in [-0.2, -0.15) is 0 Å². The number of fused-ring (bicyclic) bond motifs is 10. The van der Waals surface area contributed by atoms with Crippen LogP contribution in [0.3, 0.4) is 0 Å². The smallest absolute Gasteiger partial charge is 0.396 e. The standard InChI is InChI=1S/C27H32BN2.C25H28BN2.C24H28BN2.C23H26BN2.C21H22BN2/c1-20-24-14-8-7-13-22(24)19-28(30(20)3)27-18-23(17-21-11-5-4-6-12-21)25-15-9-10-16-26(25)29(27)2;1-18-21-13-7-6-12-20(21)17-26(28(18)3)25-16-23(19-10-4-5-11-19)22-14-8-9-15-24(22)27(25)2;1-17(2)14-20-15-24(26(4)23-13-9-8-12-22(20)23)25-16-19-10-6-7-11-21(19)18(3)27(25)5;1-16(2)21-14-23(25(4)22-13-9-8-12-20(21)22)24-15-18-10-6-7-11-19(18)17(3)26(24)5;1-15-13-21(23(3)20-12-8-7-10-18(15)20)22-14-17-9-5-6-11-19(17)16(2)24(22)4/h7-10,13-16,18-19,21H,4-6,11-12,17H2,1-3H3;6-9,12-17,19H,4-5,10-11H2,1-3H3;6-13,15-17H,14H2,1-5H3;6-16H,1-5H3;5-14H,1-4H3/q5*+1. The molecule has 10 nitrogen and oxygen atoms in total. The Hall–Kier alpha value is -12.7. The zero-order valence-corrected chi connectivity index (χ0v) is 83.8. The average molecular weight is 1770 g/mol. The summed E-state index contributed by atoms with van der Waals surface area (Å²) in [6, 6.07) is 100.0. The maximum Gasteiger partial charge on any atom is 0.396 e. The summed E-state index contributed by atoms with van der Waals surface area (Å²) in [5.41, 5.74) is 27.3. The molecule has 2 aliphatic carbocycles. The highest BCUT2D eigenvalue weighted by Gasteiger charge is 2.40. The van der Waals surface area contributed by atoms with E-state index in [2.05, 4.69) is 489 Å². The van der Waals surface area contributed by atoms with E-state index in [-0.39, 0.29) is 34.2 Å². The third kappa shape index (κ3) is 18.2. The highest BCUT2D eigenvalue weighted by atomic mass is 15.1. The Morgan fingerprint density at radius 1 is 0.289 bits per heavy atom. The van der Waals surface area contributed by atoms with Crippen LogP contribution in [0.5, 0.6) is 0 Å². The van der Waals surface area contributed by atoms with E-state index in [9.17, 15) is 0 Å². The molecule has 0 atom stereocenters. The maximum absolute atomic E-state index is 2.51. The van der Waals surface area contributed by atoms with Gasteiger partial charge in [-0.15, -0.1) is 0 Å². The number of hydrogen-bond donors (Lipinski definition) is 0. The maximum atomic E-state index is 2.51. The molecule has 7 aliphatic rings. The fourth-order valence-corrected chi connectivity index (χ4v) is 23.3. The first kappa shape index (κ1) is 92.7. The molecule has 0 spiro atoms. The van der Waals surface area contributed by atoms with Gasteiger partial charge in [0.15, 0.2) is 28.0 Å². The van der Waals surface area contributed by atoms with Crippen LogP contribution in [0.1, 0.15) is 160 Å². The summed E-state index contributed by atoms with van der Waals surface area (Å²) in [5, 5.41) is 20.3. The van der Waals surface area contributed by atoms with Crippen molar-refractivity contribution in [2.24, 2.45) is 47.1 Å². The number of hydrogen-bond acceptors (Lipinski definition) is 5. The zero-order chi connectivity index (χ0) is 94.3. The molecule has 5 aliphatic heterocycles. The van der Waals surface area contributed by atoms with Crippen LogP contribution in [0, 0.1) is 18.8 Å². The van der Waals surface area contributed by atoms with Crippen LogP contribution in [0.15, 0.2) is 273 Å².